The molecule has 0 unspecified atom stereocenters. The lowest BCUT2D eigenvalue weighted by molar-refractivity contribution is -0.402. The quantitative estimate of drug-likeness (QED) is 0.542. The maximum absolute atomic E-state index is 10.2. The highest BCUT2D eigenvalue weighted by molar-refractivity contribution is 5.44. The molecule has 0 atom stereocenters. The van der Waals surface area contributed by atoms with E-state index in [9.17, 15) is 10.1 Å². The normalized spacial score (nSPS) is 10.8. The van der Waals surface area contributed by atoms with Gasteiger partial charge in [0.2, 0.25) is 0 Å². The topological polar surface area (TPSA) is 82.3 Å². The summed E-state index contributed by atoms with van der Waals surface area (Å²) >= 11 is 0. The van der Waals surface area contributed by atoms with E-state index in [2.05, 4.69) is 0 Å². The fraction of sp³-hybridized carbons (Fsp3) is 0.143. The fourth-order valence-corrected chi connectivity index (χ4v) is 0.714. The molecule has 1 aromatic rings. The van der Waals surface area contributed by atoms with E-state index in [-0.39, 0.29) is 5.88 Å². The minimum absolute atomic E-state index is 0.258. The Labute approximate surface area is 68.6 Å². The summed E-state index contributed by atoms with van der Waals surface area (Å²) in [6.45, 7) is 0.383. The lowest BCUT2D eigenvalue weighted by Gasteiger charge is -1.82. The third kappa shape index (κ3) is 1.93. The fourth-order valence-electron chi connectivity index (χ4n) is 0.714. The highest BCUT2D eigenvalue weighted by Crippen LogP contribution is 2.16. The maximum atomic E-state index is 10.2. The van der Waals surface area contributed by atoms with Crippen LogP contribution >= 0.6 is 0 Å². The molecule has 0 bridgehead atoms. The third-order valence-corrected chi connectivity index (χ3v) is 1.21. The van der Waals surface area contributed by atoms with Crippen LogP contribution in [0.2, 0.25) is 0 Å². The number of nitrogens with two attached hydrogens (primary N) is 1. The van der Waals surface area contributed by atoms with Crippen LogP contribution in [0, 0.1) is 10.1 Å². The Bertz CT molecular complexity index is 303. The minimum atomic E-state index is -0.584. The van der Waals surface area contributed by atoms with Crippen LogP contribution in [-0.4, -0.2) is 11.5 Å². The number of hydrogen-bond acceptors (Lipinski definition) is 4. The first-order valence-corrected chi connectivity index (χ1v) is 3.35. The molecule has 0 aromatic carbocycles. The molecule has 0 aliphatic rings. The zero-order chi connectivity index (χ0) is 8.97. The highest BCUT2D eigenvalue weighted by Gasteiger charge is 2.09. The Kier molecular flexibility index (Phi) is 2.60. The van der Waals surface area contributed by atoms with Crippen LogP contribution in [0.4, 0.5) is 5.88 Å². The average Bonchev–Trinajstić information content (AvgIpc) is 2.48. The summed E-state index contributed by atoms with van der Waals surface area (Å²) < 4.78 is 4.81. The summed E-state index contributed by atoms with van der Waals surface area (Å²) in [6, 6.07) is 2.82. The van der Waals surface area contributed by atoms with Gasteiger partial charge in [0.1, 0.15) is 10.7 Å². The number of furan rings is 1. The molecule has 0 aliphatic heterocycles. The predicted molar refractivity (Wildman–Crippen MR) is 43.5 cm³/mol. The molecule has 1 heterocycles. The van der Waals surface area contributed by atoms with E-state index in [1.165, 1.54) is 12.1 Å². The molecule has 0 fully saturated rings. The summed E-state index contributed by atoms with van der Waals surface area (Å²) in [5.74, 6) is 0.179. The number of hydrogen-bond donors (Lipinski definition) is 1. The number of nitro groups is 1. The van der Waals surface area contributed by atoms with Gasteiger partial charge in [-0.25, -0.2) is 0 Å². The Balaban J connectivity index is 2.77. The largest absolute Gasteiger partial charge is 0.433 e. The van der Waals surface area contributed by atoms with Crippen LogP contribution in [0.5, 0.6) is 0 Å². The van der Waals surface area contributed by atoms with E-state index < -0.39 is 4.92 Å². The van der Waals surface area contributed by atoms with Crippen molar-refractivity contribution >= 4 is 12.0 Å². The lowest BCUT2D eigenvalue weighted by atomic mass is 10.4. The van der Waals surface area contributed by atoms with Gasteiger partial charge in [-0.15, -0.1) is 0 Å². The summed E-state index contributed by atoms with van der Waals surface area (Å²) in [5.41, 5.74) is 5.18. The van der Waals surface area contributed by atoms with Crippen LogP contribution in [0.3, 0.4) is 0 Å². The van der Waals surface area contributed by atoms with Crippen molar-refractivity contribution < 1.29 is 9.34 Å². The van der Waals surface area contributed by atoms with Gasteiger partial charge < -0.3 is 10.2 Å². The molecule has 1 rings (SSSR count). The summed E-state index contributed by atoms with van der Waals surface area (Å²) in [4.78, 5) is 9.57. The van der Waals surface area contributed by atoms with E-state index in [0.717, 1.165) is 0 Å². The van der Waals surface area contributed by atoms with Crippen LogP contribution in [-0.2, 0) is 0 Å². The summed E-state index contributed by atoms with van der Waals surface area (Å²) in [6.07, 6.45) is 3.25. The molecular weight excluding hydrogens is 160 g/mol. The van der Waals surface area contributed by atoms with Crippen LogP contribution < -0.4 is 5.73 Å². The Morgan fingerprint density at radius 3 is 2.92 bits per heavy atom. The molecule has 5 nitrogen and oxygen atoms in total. The molecule has 12 heavy (non-hydrogen) atoms. The minimum Gasteiger partial charge on any atom is -0.401 e. The molecule has 5 heteroatoms. The van der Waals surface area contributed by atoms with Crippen molar-refractivity contribution in [1.82, 2.24) is 0 Å². The first-order valence-electron chi connectivity index (χ1n) is 3.35. The highest BCUT2D eigenvalue weighted by atomic mass is 16.6. The first-order chi connectivity index (χ1) is 5.74. The number of nitrogens with zero attached hydrogens (tertiary/aromatic N) is 1. The first kappa shape index (κ1) is 8.48. The Morgan fingerprint density at radius 1 is 1.67 bits per heavy atom. The van der Waals surface area contributed by atoms with Crippen molar-refractivity contribution in [3.05, 3.63) is 34.1 Å². The van der Waals surface area contributed by atoms with Gasteiger partial charge >= 0.3 is 5.88 Å². The van der Waals surface area contributed by atoms with Crippen LogP contribution in [0.15, 0.2) is 22.6 Å². The second-order valence-corrected chi connectivity index (χ2v) is 2.07. The van der Waals surface area contributed by atoms with Gasteiger partial charge in [-0.2, -0.15) is 0 Å². The molecule has 0 aliphatic carbocycles. The van der Waals surface area contributed by atoms with Crippen LogP contribution in [0.25, 0.3) is 6.08 Å². The summed E-state index contributed by atoms with van der Waals surface area (Å²) in [5, 5.41) is 10.2. The molecule has 1 aromatic heterocycles. The van der Waals surface area contributed by atoms with Gasteiger partial charge in [-0.3, -0.25) is 10.1 Å². The van der Waals surface area contributed by atoms with Crippen molar-refractivity contribution in [2.75, 3.05) is 6.54 Å². The molecule has 64 valence electrons. The monoisotopic (exact) mass is 168 g/mol. The van der Waals surface area contributed by atoms with E-state index in [1.807, 2.05) is 0 Å². The Morgan fingerprint density at radius 2 is 2.42 bits per heavy atom. The maximum Gasteiger partial charge on any atom is 0.433 e. The molecular formula is C7H8N2O3. The van der Waals surface area contributed by atoms with Gasteiger partial charge in [0, 0.05) is 6.54 Å². The summed E-state index contributed by atoms with van der Waals surface area (Å²) in [7, 11) is 0. The second kappa shape index (κ2) is 3.68. The van der Waals surface area contributed by atoms with E-state index in [0.29, 0.717) is 12.3 Å². The zero-order valence-corrected chi connectivity index (χ0v) is 6.27. The van der Waals surface area contributed by atoms with E-state index in [4.69, 9.17) is 10.2 Å². The molecule has 2 N–H and O–H groups in total. The van der Waals surface area contributed by atoms with Crippen molar-refractivity contribution in [1.29, 1.82) is 0 Å². The van der Waals surface area contributed by atoms with E-state index >= 15 is 0 Å². The number of rotatable bonds is 3. The van der Waals surface area contributed by atoms with Gasteiger partial charge in [0.15, 0.2) is 0 Å². The van der Waals surface area contributed by atoms with Gasteiger partial charge in [0.05, 0.1) is 6.07 Å². The SMILES string of the molecule is NCC=Cc1ccc([N+](=O)[O-])o1. The Hall–Kier alpha value is -1.62. The standard InChI is InChI=1S/C7H8N2O3/c8-5-1-2-6-3-4-7(12-6)9(10)11/h1-4H,5,8H2. The lowest BCUT2D eigenvalue weighted by Crippen LogP contribution is -1.91. The van der Waals surface area contributed by atoms with Crippen molar-refractivity contribution in [3.63, 3.8) is 0 Å². The van der Waals surface area contributed by atoms with Crippen molar-refractivity contribution in [2.24, 2.45) is 5.73 Å². The molecule has 0 spiro atoms. The van der Waals surface area contributed by atoms with Gasteiger partial charge in [0.25, 0.3) is 0 Å². The van der Waals surface area contributed by atoms with Crippen molar-refractivity contribution in [3.8, 4) is 0 Å². The second-order valence-electron chi connectivity index (χ2n) is 2.07. The predicted octanol–water partition coefficient (Wildman–Crippen LogP) is 1.16. The average molecular weight is 168 g/mol. The molecule has 0 amide bonds. The zero-order valence-electron chi connectivity index (χ0n) is 6.27. The van der Waals surface area contributed by atoms with E-state index in [1.54, 1.807) is 12.2 Å². The van der Waals surface area contributed by atoms with Gasteiger partial charge in [-0.1, -0.05) is 6.08 Å². The smallest absolute Gasteiger partial charge is 0.401 e. The van der Waals surface area contributed by atoms with Crippen LogP contribution in [0.1, 0.15) is 5.76 Å². The molecule has 0 saturated heterocycles. The molecule has 0 saturated carbocycles. The third-order valence-electron chi connectivity index (χ3n) is 1.21. The van der Waals surface area contributed by atoms with Crippen molar-refractivity contribution in [2.45, 2.75) is 0 Å². The van der Waals surface area contributed by atoms with Gasteiger partial charge in [-0.05, 0) is 12.1 Å². The molecule has 0 radical (unpaired) electrons.